The van der Waals surface area contributed by atoms with Crippen LogP contribution < -0.4 is 0 Å². The maximum atomic E-state index is 12.0. The Morgan fingerprint density at radius 2 is 2.29 bits per heavy atom. The fraction of sp³-hybridized carbons (Fsp3) is 0.545. The van der Waals surface area contributed by atoms with Crippen molar-refractivity contribution in [3.05, 3.63) is 21.3 Å². The lowest BCUT2D eigenvalue weighted by Crippen LogP contribution is -2.24. The van der Waals surface area contributed by atoms with Crippen molar-refractivity contribution in [3.63, 3.8) is 0 Å². The number of rotatable bonds is 7. The van der Waals surface area contributed by atoms with Crippen LogP contribution in [0.25, 0.3) is 0 Å². The molecular formula is C11H15ClO3S2. The molecule has 0 aliphatic rings. The van der Waals surface area contributed by atoms with E-state index in [1.54, 1.807) is 26.2 Å². The molecule has 0 fully saturated rings. The van der Waals surface area contributed by atoms with Crippen molar-refractivity contribution in [3.8, 4) is 0 Å². The molecule has 0 aliphatic carbocycles. The molecule has 96 valence electrons. The van der Waals surface area contributed by atoms with Gasteiger partial charge in [0, 0.05) is 30.3 Å². The van der Waals surface area contributed by atoms with E-state index < -0.39 is 16.0 Å². The highest BCUT2D eigenvalue weighted by molar-refractivity contribution is 7.86. The van der Waals surface area contributed by atoms with Crippen LogP contribution in [-0.4, -0.2) is 34.7 Å². The van der Waals surface area contributed by atoms with Gasteiger partial charge in [0.25, 0.3) is 0 Å². The Hall–Kier alpha value is -0.230. The standard InChI is InChI=1S/C11H15ClO3S2/c1-8(17(14)7-3-6-15-2)11(13)9-4-5-10(12)16-9/h4-5,8H,3,6-7H2,1-2H3. The zero-order valence-corrected chi connectivity index (χ0v) is 12.2. The van der Waals surface area contributed by atoms with Gasteiger partial charge in [-0.3, -0.25) is 9.00 Å². The number of ketones is 1. The van der Waals surface area contributed by atoms with Crippen molar-refractivity contribution >= 4 is 39.5 Å². The summed E-state index contributed by atoms with van der Waals surface area (Å²) in [6.07, 6.45) is 0.700. The van der Waals surface area contributed by atoms with Gasteiger partial charge in [0.1, 0.15) is 0 Å². The van der Waals surface area contributed by atoms with Gasteiger partial charge in [-0.15, -0.1) is 11.3 Å². The minimum atomic E-state index is -1.15. The zero-order valence-electron chi connectivity index (χ0n) is 9.77. The first-order valence-corrected chi connectivity index (χ1v) is 7.79. The summed E-state index contributed by atoms with van der Waals surface area (Å²) in [4.78, 5) is 12.5. The highest BCUT2D eigenvalue weighted by atomic mass is 35.5. The minimum Gasteiger partial charge on any atom is -0.385 e. The first kappa shape index (κ1) is 14.8. The quantitative estimate of drug-likeness (QED) is 0.574. The molecule has 6 heteroatoms. The van der Waals surface area contributed by atoms with Crippen LogP contribution in [0.3, 0.4) is 0 Å². The molecule has 2 atom stereocenters. The van der Waals surface area contributed by atoms with Crippen LogP contribution in [0.1, 0.15) is 23.0 Å². The SMILES string of the molecule is COCCCS(=O)C(C)C(=O)c1ccc(Cl)s1. The fourth-order valence-corrected chi connectivity index (χ4v) is 3.56. The number of carbonyl (C=O) groups is 1. The Bertz CT molecular complexity index is 403. The smallest absolute Gasteiger partial charge is 0.188 e. The van der Waals surface area contributed by atoms with Gasteiger partial charge >= 0.3 is 0 Å². The van der Waals surface area contributed by atoms with E-state index in [-0.39, 0.29) is 5.78 Å². The third-order valence-electron chi connectivity index (χ3n) is 2.27. The Morgan fingerprint density at radius 3 is 2.82 bits per heavy atom. The van der Waals surface area contributed by atoms with Gasteiger partial charge in [0.05, 0.1) is 14.5 Å². The van der Waals surface area contributed by atoms with Crippen molar-refractivity contribution in [2.24, 2.45) is 0 Å². The predicted octanol–water partition coefficient (Wildman–Crippen LogP) is 2.76. The van der Waals surface area contributed by atoms with Gasteiger partial charge in [-0.2, -0.15) is 0 Å². The number of Topliss-reactive ketones (excluding diaryl/α,β-unsaturated/α-hetero) is 1. The van der Waals surface area contributed by atoms with Crippen LogP contribution in [-0.2, 0) is 15.5 Å². The van der Waals surface area contributed by atoms with Crippen molar-refractivity contribution in [2.75, 3.05) is 19.5 Å². The number of thiophene rings is 1. The number of carbonyl (C=O) groups excluding carboxylic acids is 1. The Balaban J connectivity index is 2.54. The zero-order chi connectivity index (χ0) is 12.8. The molecular weight excluding hydrogens is 280 g/mol. The molecule has 1 aromatic heterocycles. The number of halogens is 1. The van der Waals surface area contributed by atoms with Crippen LogP contribution in [0, 0.1) is 0 Å². The number of ether oxygens (including phenoxy) is 1. The average Bonchev–Trinajstić information content (AvgIpc) is 2.74. The summed E-state index contributed by atoms with van der Waals surface area (Å²) in [6.45, 7) is 2.26. The van der Waals surface area contributed by atoms with Crippen molar-refractivity contribution in [1.82, 2.24) is 0 Å². The molecule has 0 aromatic carbocycles. The summed E-state index contributed by atoms with van der Waals surface area (Å²) in [5.41, 5.74) is 0. The molecule has 0 bridgehead atoms. The summed E-state index contributed by atoms with van der Waals surface area (Å²) in [5, 5.41) is -0.485. The molecule has 3 nitrogen and oxygen atoms in total. The van der Waals surface area contributed by atoms with Gasteiger partial charge in [-0.05, 0) is 25.5 Å². The summed E-state index contributed by atoms with van der Waals surface area (Å²) < 4.78 is 17.3. The molecule has 0 radical (unpaired) electrons. The molecule has 2 unspecified atom stereocenters. The van der Waals surface area contributed by atoms with Crippen molar-refractivity contribution in [2.45, 2.75) is 18.6 Å². The Labute approximate surface area is 113 Å². The van der Waals surface area contributed by atoms with Crippen LogP contribution in [0.4, 0.5) is 0 Å². The van der Waals surface area contributed by atoms with E-state index in [1.165, 1.54) is 11.3 Å². The Kier molecular flexibility index (Phi) is 6.33. The van der Waals surface area contributed by atoms with Crippen LogP contribution in [0.5, 0.6) is 0 Å². The van der Waals surface area contributed by atoms with Gasteiger partial charge in [0.15, 0.2) is 5.78 Å². The van der Waals surface area contributed by atoms with E-state index in [0.29, 0.717) is 28.0 Å². The van der Waals surface area contributed by atoms with Crippen molar-refractivity contribution in [1.29, 1.82) is 0 Å². The normalized spacial score (nSPS) is 14.5. The summed E-state index contributed by atoms with van der Waals surface area (Å²) in [7, 11) is 0.449. The molecule has 0 saturated heterocycles. The molecule has 1 rings (SSSR count). The second kappa shape index (κ2) is 7.26. The molecule has 0 saturated carbocycles. The number of hydrogen-bond acceptors (Lipinski definition) is 4. The predicted molar refractivity (Wildman–Crippen MR) is 72.6 cm³/mol. The van der Waals surface area contributed by atoms with Gasteiger partial charge in [-0.25, -0.2) is 0 Å². The monoisotopic (exact) mass is 294 g/mol. The summed E-state index contributed by atoms with van der Waals surface area (Å²) in [5.74, 6) is 0.387. The molecule has 0 N–H and O–H groups in total. The summed E-state index contributed by atoms with van der Waals surface area (Å²) in [6, 6.07) is 3.36. The lowest BCUT2D eigenvalue weighted by atomic mass is 10.2. The van der Waals surface area contributed by atoms with Crippen LogP contribution >= 0.6 is 22.9 Å². The highest BCUT2D eigenvalue weighted by Crippen LogP contribution is 2.23. The van der Waals surface area contributed by atoms with Crippen molar-refractivity contribution < 1.29 is 13.7 Å². The average molecular weight is 295 g/mol. The van der Waals surface area contributed by atoms with E-state index in [1.807, 2.05) is 0 Å². The molecule has 0 spiro atoms. The number of methoxy groups -OCH3 is 1. The maximum Gasteiger partial charge on any atom is 0.188 e. The lowest BCUT2D eigenvalue weighted by molar-refractivity contribution is 0.0996. The van der Waals surface area contributed by atoms with E-state index in [4.69, 9.17) is 16.3 Å². The van der Waals surface area contributed by atoms with Gasteiger partial charge in [-0.1, -0.05) is 11.6 Å². The second-order valence-corrected chi connectivity index (χ2v) is 7.13. The lowest BCUT2D eigenvalue weighted by Gasteiger charge is -2.08. The van der Waals surface area contributed by atoms with Gasteiger partial charge in [0.2, 0.25) is 0 Å². The molecule has 17 heavy (non-hydrogen) atoms. The Morgan fingerprint density at radius 1 is 1.59 bits per heavy atom. The van der Waals surface area contributed by atoms with E-state index in [0.717, 1.165) is 0 Å². The van der Waals surface area contributed by atoms with Gasteiger partial charge < -0.3 is 4.74 Å². The number of hydrogen-bond donors (Lipinski definition) is 0. The van der Waals surface area contributed by atoms with E-state index in [2.05, 4.69) is 0 Å². The minimum absolute atomic E-state index is 0.0994. The van der Waals surface area contributed by atoms with Crippen LogP contribution in [0.15, 0.2) is 12.1 Å². The summed E-state index contributed by atoms with van der Waals surface area (Å²) >= 11 is 6.99. The second-order valence-electron chi connectivity index (χ2n) is 3.54. The molecule has 1 heterocycles. The third kappa shape index (κ3) is 4.50. The molecule has 0 aliphatic heterocycles. The topological polar surface area (TPSA) is 43.4 Å². The largest absolute Gasteiger partial charge is 0.385 e. The third-order valence-corrected chi connectivity index (χ3v) is 5.21. The maximum absolute atomic E-state index is 12.0. The molecule has 0 amide bonds. The van der Waals surface area contributed by atoms with E-state index >= 15 is 0 Å². The van der Waals surface area contributed by atoms with E-state index in [9.17, 15) is 9.00 Å². The highest BCUT2D eigenvalue weighted by Gasteiger charge is 2.22. The fourth-order valence-electron chi connectivity index (χ4n) is 1.29. The molecule has 1 aromatic rings. The first-order valence-electron chi connectivity index (χ1n) is 5.22. The first-order chi connectivity index (χ1) is 8.06. The van der Waals surface area contributed by atoms with Crippen LogP contribution in [0.2, 0.25) is 4.34 Å².